The van der Waals surface area contributed by atoms with E-state index in [2.05, 4.69) is 0 Å². The molecular formula is C13H19NO2. The maximum Gasteiger partial charge on any atom is 0.166 e. The Morgan fingerprint density at radius 1 is 1.38 bits per heavy atom. The van der Waals surface area contributed by atoms with Gasteiger partial charge in [-0.25, -0.2) is 0 Å². The summed E-state index contributed by atoms with van der Waals surface area (Å²) in [6, 6.07) is 5.66. The lowest BCUT2D eigenvalue weighted by Gasteiger charge is -2.08. The molecule has 3 nitrogen and oxygen atoms in total. The van der Waals surface area contributed by atoms with E-state index in [-0.39, 0.29) is 5.78 Å². The molecule has 1 aromatic rings. The topological polar surface area (TPSA) is 52.3 Å². The number of ketones is 1. The molecular weight excluding hydrogens is 202 g/mol. The predicted octanol–water partition coefficient (Wildman–Crippen LogP) is 2.32. The van der Waals surface area contributed by atoms with E-state index in [1.165, 1.54) is 0 Å². The zero-order valence-corrected chi connectivity index (χ0v) is 9.95. The highest BCUT2D eigenvalue weighted by Crippen LogP contribution is 2.21. The molecule has 0 spiro atoms. The minimum atomic E-state index is 0.133. The lowest BCUT2D eigenvalue weighted by molar-refractivity contribution is 0.0976. The highest BCUT2D eigenvalue weighted by molar-refractivity contribution is 5.98. The Morgan fingerprint density at radius 3 is 2.75 bits per heavy atom. The van der Waals surface area contributed by atoms with Crippen molar-refractivity contribution in [1.29, 1.82) is 0 Å². The van der Waals surface area contributed by atoms with Crippen LogP contribution >= 0.6 is 0 Å². The zero-order valence-electron chi connectivity index (χ0n) is 9.95. The fourth-order valence-corrected chi connectivity index (χ4v) is 1.60. The third kappa shape index (κ3) is 3.35. The van der Waals surface area contributed by atoms with Gasteiger partial charge in [-0.3, -0.25) is 4.79 Å². The lowest BCUT2D eigenvalue weighted by atomic mass is 10.0. The number of aryl methyl sites for hydroxylation is 1. The monoisotopic (exact) mass is 221 g/mol. The molecule has 0 radical (unpaired) electrons. The van der Waals surface area contributed by atoms with E-state index in [0.29, 0.717) is 24.3 Å². The first-order chi connectivity index (χ1) is 7.69. The van der Waals surface area contributed by atoms with Crippen molar-refractivity contribution in [2.24, 2.45) is 5.73 Å². The van der Waals surface area contributed by atoms with E-state index >= 15 is 0 Å². The first-order valence-electron chi connectivity index (χ1n) is 5.57. The van der Waals surface area contributed by atoms with Crippen LogP contribution in [0.5, 0.6) is 5.75 Å². The maximum absolute atomic E-state index is 11.9. The molecule has 0 atom stereocenters. The molecule has 1 aromatic carbocycles. The number of rotatable bonds is 6. The summed E-state index contributed by atoms with van der Waals surface area (Å²) in [6.45, 7) is 2.61. The normalized spacial score (nSPS) is 10.2. The van der Waals surface area contributed by atoms with Crippen molar-refractivity contribution >= 4 is 5.78 Å². The smallest absolute Gasteiger partial charge is 0.166 e. The Morgan fingerprint density at radius 2 is 2.12 bits per heavy atom. The van der Waals surface area contributed by atoms with Gasteiger partial charge >= 0.3 is 0 Å². The molecule has 0 saturated heterocycles. The first kappa shape index (κ1) is 12.7. The van der Waals surface area contributed by atoms with E-state index in [1.54, 1.807) is 7.11 Å². The molecule has 0 aliphatic heterocycles. The molecule has 16 heavy (non-hydrogen) atoms. The van der Waals surface area contributed by atoms with E-state index in [1.807, 2.05) is 25.1 Å². The number of carbonyl (C=O) groups is 1. The van der Waals surface area contributed by atoms with Crippen LogP contribution in [0.4, 0.5) is 0 Å². The molecule has 88 valence electrons. The van der Waals surface area contributed by atoms with Crippen molar-refractivity contribution in [3.05, 3.63) is 29.3 Å². The fraction of sp³-hybridized carbons (Fsp3) is 0.462. The zero-order chi connectivity index (χ0) is 12.0. The number of carbonyl (C=O) groups excluding carboxylic acids is 1. The Hall–Kier alpha value is -1.35. The molecule has 0 saturated carbocycles. The van der Waals surface area contributed by atoms with Gasteiger partial charge in [-0.15, -0.1) is 0 Å². The van der Waals surface area contributed by atoms with Gasteiger partial charge in [0, 0.05) is 6.42 Å². The van der Waals surface area contributed by atoms with Crippen LogP contribution in [-0.2, 0) is 0 Å². The summed E-state index contributed by atoms with van der Waals surface area (Å²) in [6.07, 6.45) is 2.27. The SMILES string of the molecule is COc1ccc(C)cc1C(=O)CCCCN. The van der Waals surface area contributed by atoms with E-state index in [0.717, 1.165) is 18.4 Å². The molecule has 0 aromatic heterocycles. The molecule has 0 heterocycles. The number of hydrogen-bond donors (Lipinski definition) is 1. The van der Waals surface area contributed by atoms with Crippen molar-refractivity contribution < 1.29 is 9.53 Å². The van der Waals surface area contributed by atoms with Crippen LogP contribution in [0.15, 0.2) is 18.2 Å². The highest BCUT2D eigenvalue weighted by Gasteiger charge is 2.11. The first-order valence-corrected chi connectivity index (χ1v) is 5.57. The molecule has 2 N–H and O–H groups in total. The molecule has 0 aliphatic rings. The third-order valence-corrected chi connectivity index (χ3v) is 2.51. The largest absolute Gasteiger partial charge is 0.496 e. The number of nitrogens with two attached hydrogens (primary N) is 1. The van der Waals surface area contributed by atoms with Crippen molar-refractivity contribution in [1.82, 2.24) is 0 Å². The molecule has 0 fully saturated rings. The van der Waals surface area contributed by atoms with Gasteiger partial charge in [0.05, 0.1) is 12.7 Å². The minimum absolute atomic E-state index is 0.133. The quantitative estimate of drug-likeness (QED) is 0.592. The van der Waals surface area contributed by atoms with Gasteiger partial charge < -0.3 is 10.5 Å². The summed E-state index contributed by atoms with van der Waals surface area (Å²) >= 11 is 0. The third-order valence-electron chi connectivity index (χ3n) is 2.51. The minimum Gasteiger partial charge on any atom is -0.496 e. The van der Waals surface area contributed by atoms with E-state index in [4.69, 9.17) is 10.5 Å². The summed E-state index contributed by atoms with van der Waals surface area (Å²) in [5.74, 6) is 0.789. The fourth-order valence-electron chi connectivity index (χ4n) is 1.60. The van der Waals surface area contributed by atoms with Crippen LogP contribution in [0.25, 0.3) is 0 Å². The van der Waals surface area contributed by atoms with Gasteiger partial charge in [0.2, 0.25) is 0 Å². The van der Waals surface area contributed by atoms with E-state index in [9.17, 15) is 4.79 Å². The van der Waals surface area contributed by atoms with Crippen LogP contribution in [0.1, 0.15) is 35.2 Å². The molecule has 3 heteroatoms. The number of Topliss-reactive ketones (excluding diaryl/α,β-unsaturated/α-hetero) is 1. The van der Waals surface area contributed by atoms with Crippen LogP contribution < -0.4 is 10.5 Å². The van der Waals surface area contributed by atoms with Crippen LogP contribution in [-0.4, -0.2) is 19.4 Å². The number of unbranched alkanes of at least 4 members (excludes halogenated alkanes) is 1. The van der Waals surface area contributed by atoms with Crippen LogP contribution in [0, 0.1) is 6.92 Å². The highest BCUT2D eigenvalue weighted by atomic mass is 16.5. The summed E-state index contributed by atoms with van der Waals surface area (Å²) < 4.78 is 5.18. The van der Waals surface area contributed by atoms with Gasteiger partial charge in [0.1, 0.15) is 5.75 Å². The van der Waals surface area contributed by atoms with Gasteiger partial charge in [0.15, 0.2) is 5.78 Å². The van der Waals surface area contributed by atoms with Gasteiger partial charge in [-0.1, -0.05) is 11.6 Å². The predicted molar refractivity (Wildman–Crippen MR) is 65.0 cm³/mol. The number of benzene rings is 1. The Labute approximate surface area is 96.6 Å². The van der Waals surface area contributed by atoms with Crippen LogP contribution in [0.2, 0.25) is 0 Å². The van der Waals surface area contributed by atoms with E-state index < -0.39 is 0 Å². The summed E-state index contributed by atoms with van der Waals surface area (Å²) in [7, 11) is 1.58. The average molecular weight is 221 g/mol. The molecule has 0 amide bonds. The second-order valence-corrected chi connectivity index (χ2v) is 3.87. The Bertz CT molecular complexity index is 361. The van der Waals surface area contributed by atoms with Crippen LogP contribution in [0.3, 0.4) is 0 Å². The summed E-state index contributed by atoms with van der Waals surface area (Å²) in [5.41, 5.74) is 7.15. The second-order valence-electron chi connectivity index (χ2n) is 3.87. The summed E-state index contributed by atoms with van der Waals surface area (Å²) in [4.78, 5) is 11.9. The maximum atomic E-state index is 11.9. The standard InChI is InChI=1S/C13H19NO2/c1-10-6-7-13(16-2)11(9-10)12(15)5-3-4-8-14/h6-7,9H,3-5,8,14H2,1-2H3. The number of methoxy groups -OCH3 is 1. The Kier molecular flexibility index (Phi) is 4.99. The summed E-state index contributed by atoms with van der Waals surface area (Å²) in [5, 5.41) is 0. The molecule has 1 rings (SSSR count). The van der Waals surface area contributed by atoms with Crippen molar-refractivity contribution in [2.75, 3.05) is 13.7 Å². The lowest BCUT2D eigenvalue weighted by Crippen LogP contribution is -2.05. The van der Waals surface area contributed by atoms with Crippen molar-refractivity contribution in [2.45, 2.75) is 26.2 Å². The van der Waals surface area contributed by atoms with Gasteiger partial charge in [-0.2, -0.15) is 0 Å². The average Bonchev–Trinajstić information content (AvgIpc) is 2.29. The van der Waals surface area contributed by atoms with Crippen molar-refractivity contribution in [3.63, 3.8) is 0 Å². The molecule has 0 bridgehead atoms. The van der Waals surface area contributed by atoms with Crippen molar-refractivity contribution in [3.8, 4) is 5.75 Å². The second kappa shape index (κ2) is 6.28. The van der Waals surface area contributed by atoms with Gasteiger partial charge in [-0.05, 0) is 38.4 Å². The molecule has 0 aliphatic carbocycles. The van der Waals surface area contributed by atoms with Gasteiger partial charge in [0.25, 0.3) is 0 Å². The molecule has 0 unspecified atom stereocenters. The number of hydrogen-bond acceptors (Lipinski definition) is 3. The number of ether oxygens (including phenoxy) is 1. The Balaban J connectivity index is 2.76.